The molecule has 0 amide bonds. The zero-order valence-corrected chi connectivity index (χ0v) is 11.9. The molecule has 0 atom stereocenters. The molecule has 0 saturated heterocycles. The number of hydrogen-bond acceptors (Lipinski definition) is 0. The fourth-order valence-electron chi connectivity index (χ4n) is 1.50. The van der Waals surface area contributed by atoms with Gasteiger partial charge in [0.15, 0.2) is 0 Å². The van der Waals surface area contributed by atoms with Crippen molar-refractivity contribution in [3.8, 4) is 0 Å². The van der Waals surface area contributed by atoms with Gasteiger partial charge in [0.05, 0.1) is 0 Å². The Bertz CT molecular complexity index is 483. The zero-order valence-electron chi connectivity index (χ0n) is 10.6. The second-order valence-corrected chi connectivity index (χ2v) is 5.67. The molecule has 19 heavy (non-hydrogen) atoms. The van der Waals surface area contributed by atoms with E-state index in [-0.39, 0.29) is 0 Å². The standard InChI is InChI=1S/C6H6.2C6H5.Cr/c3*1-2-4-6-5-3-1;/h1-6H;2*1-5H;. The van der Waals surface area contributed by atoms with Crippen LogP contribution in [-0.4, -0.2) is 0 Å². The van der Waals surface area contributed by atoms with Gasteiger partial charge in [-0.3, -0.25) is 0 Å². The molecule has 0 spiro atoms. The Balaban J connectivity index is 0.000000186. The van der Waals surface area contributed by atoms with Crippen LogP contribution in [0.25, 0.3) is 0 Å². The van der Waals surface area contributed by atoms with Crippen LogP contribution < -0.4 is 8.85 Å². The van der Waals surface area contributed by atoms with Gasteiger partial charge in [0, 0.05) is 0 Å². The van der Waals surface area contributed by atoms with Crippen molar-refractivity contribution in [3.63, 3.8) is 0 Å². The third-order valence-electron chi connectivity index (χ3n) is 2.39. The van der Waals surface area contributed by atoms with Crippen LogP contribution in [0.3, 0.4) is 0 Å². The third-order valence-corrected chi connectivity index (χ3v) is 3.97. The van der Waals surface area contributed by atoms with Crippen LogP contribution >= 0.6 is 0 Å². The van der Waals surface area contributed by atoms with E-state index < -0.39 is 0 Å². The molecule has 0 nitrogen and oxygen atoms in total. The van der Waals surface area contributed by atoms with Crippen LogP contribution in [-0.2, 0) is 15.2 Å². The topological polar surface area (TPSA) is 0 Å². The predicted molar refractivity (Wildman–Crippen MR) is 78.6 cm³/mol. The van der Waals surface area contributed by atoms with Gasteiger partial charge in [0.25, 0.3) is 0 Å². The Hall–Kier alpha value is -1.81. The first-order chi connectivity index (χ1) is 9.45. The van der Waals surface area contributed by atoms with Crippen molar-refractivity contribution >= 4 is 8.85 Å². The van der Waals surface area contributed by atoms with Crippen LogP contribution in [0.2, 0.25) is 0 Å². The van der Waals surface area contributed by atoms with E-state index in [9.17, 15) is 0 Å². The van der Waals surface area contributed by atoms with Gasteiger partial charge in [-0.1, -0.05) is 36.4 Å². The molecule has 3 rings (SSSR count). The first-order valence-electron chi connectivity index (χ1n) is 6.23. The van der Waals surface area contributed by atoms with Crippen LogP contribution in [0.15, 0.2) is 97.1 Å². The molecule has 0 fully saturated rings. The Morgan fingerprint density at radius 1 is 0.368 bits per heavy atom. The Kier molecular flexibility index (Phi) is 5.97. The molecule has 0 bridgehead atoms. The fourth-order valence-corrected chi connectivity index (χ4v) is 2.84. The molecule has 0 aliphatic rings. The first-order valence-corrected chi connectivity index (χ1v) is 7.50. The molecule has 0 N–H and O–H groups in total. The molecule has 0 heterocycles. The smallest absolute Gasteiger partial charge is 0.0623 e. The Labute approximate surface area is 121 Å². The van der Waals surface area contributed by atoms with E-state index in [1.54, 1.807) is 0 Å². The van der Waals surface area contributed by atoms with Gasteiger partial charge in [-0.05, 0) is 0 Å². The maximum absolute atomic E-state index is 2.19. The van der Waals surface area contributed by atoms with Crippen LogP contribution in [0.5, 0.6) is 0 Å². The number of hydrogen-bond donors (Lipinski definition) is 0. The summed E-state index contributed by atoms with van der Waals surface area (Å²) in [4.78, 5) is 0. The SMILES string of the molecule is c1cc[c]([Cr][c]2ccccc2)cc1.c1ccccc1. The molecule has 0 aliphatic carbocycles. The van der Waals surface area contributed by atoms with Crippen molar-refractivity contribution in [2.24, 2.45) is 0 Å². The molecule has 3 aromatic rings. The van der Waals surface area contributed by atoms with E-state index in [0.29, 0.717) is 15.2 Å². The zero-order chi connectivity index (χ0) is 13.2. The summed E-state index contributed by atoms with van der Waals surface area (Å²) in [6, 6.07) is 33.3. The van der Waals surface area contributed by atoms with Gasteiger partial charge in [-0.15, -0.1) is 0 Å². The van der Waals surface area contributed by atoms with E-state index >= 15 is 0 Å². The van der Waals surface area contributed by atoms with Crippen molar-refractivity contribution in [2.75, 3.05) is 0 Å². The van der Waals surface area contributed by atoms with E-state index in [2.05, 4.69) is 60.7 Å². The van der Waals surface area contributed by atoms with E-state index in [1.165, 1.54) is 8.85 Å². The minimum Gasteiger partial charge on any atom is -0.0623 e. The molecule has 0 aliphatic heterocycles. The van der Waals surface area contributed by atoms with E-state index in [1.807, 2.05) is 36.4 Å². The van der Waals surface area contributed by atoms with Crippen molar-refractivity contribution in [1.29, 1.82) is 0 Å². The van der Waals surface area contributed by atoms with Gasteiger partial charge in [-0.2, -0.15) is 0 Å². The Morgan fingerprint density at radius 2 is 0.632 bits per heavy atom. The molecule has 0 radical (unpaired) electrons. The minimum absolute atomic E-state index is 0.461. The second kappa shape index (κ2) is 8.32. The van der Waals surface area contributed by atoms with Crippen molar-refractivity contribution in [3.05, 3.63) is 97.1 Å². The summed E-state index contributed by atoms with van der Waals surface area (Å²) in [5, 5.41) is 0. The van der Waals surface area contributed by atoms with E-state index in [4.69, 9.17) is 0 Å². The summed E-state index contributed by atoms with van der Waals surface area (Å²) in [6.07, 6.45) is 0. The number of rotatable bonds is 2. The van der Waals surface area contributed by atoms with Gasteiger partial charge >= 0.3 is 84.7 Å². The summed E-state index contributed by atoms with van der Waals surface area (Å²) >= 11 is 0.461. The molecular weight excluding hydrogens is 268 g/mol. The second-order valence-electron chi connectivity index (χ2n) is 3.88. The summed E-state index contributed by atoms with van der Waals surface area (Å²) in [5.41, 5.74) is 0. The van der Waals surface area contributed by atoms with Crippen LogP contribution in [0.1, 0.15) is 0 Å². The first kappa shape index (κ1) is 13.6. The van der Waals surface area contributed by atoms with Gasteiger partial charge < -0.3 is 0 Å². The molecular formula is C18H16Cr. The maximum atomic E-state index is 2.19. The quantitative estimate of drug-likeness (QED) is 0.676. The predicted octanol–water partition coefficient (Wildman–Crippen LogP) is 3.41. The van der Waals surface area contributed by atoms with Gasteiger partial charge in [0.1, 0.15) is 0 Å². The average Bonchev–Trinajstić information content (AvgIpc) is 2.52. The van der Waals surface area contributed by atoms with Crippen LogP contribution in [0, 0.1) is 0 Å². The molecule has 94 valence electrons. The maximum Gasteiger partial charge on any atom is -0.0623 e. The number of benzene rings is 3. The molecule has 1 heteroatoms. The fraction of sp³-hybridized carbons (Fsp3) is 0. The summed E-state index contributed by atoms with van der Waals surface area (Å²) < 4.78 is 2.86. The minimum atomic E-state index is 0.461. The van der Waals surface area contributed by atoms with Crippen LogP contribution in [0.4, 0.5) is 0 Å². The van der Waals surface area contributed by atoms with E-state index in [0.717, 1.165) is 0 Å². The third kappa shape index (κ3) is 5.57. The van der Waals surface area contributed by atoms with Crippen molar-refractivity contribution < 1.29 is 15.2 Å². The monoisotopic (exact) mass is 284 g/mol. The van der Waals surface area contributed by atoms with Crippen molar-refractivity contribution in [1.82, 2.24) is 0 Å². The summed E-state index contributed by atoms with van der Waals surface area (Å²) in [7, 11) is 0. The summed E-state index contributed by atoms with van der Waals surface area (Å²) in [6.45, 7) is 0. The van der Waals surface area contributed by atoms with Gasteiger partial charge in [0.2, 0.25) is 0 Å². The largest absolute Gasteiger partial charge is 0.0623 e. The molecule has 0 unspecified atom stereocenters. The molecule has 0 aromatic heterocycles. The molecule has 0 saturated carbocycles. The molecule has 3 aromatic carbocycles. The van der Waals surface area contributed by atoms with Gasteiger partial charge in [-0.25, -0.2) is 0 Å². The summed E-state index contributed by atoms with van der Waals surface area (Å²) in [5.74, 6) is 0. The average molecular weight is 284 g/mol. The Morgan fingerprint density at radius 3 is 0.947 bits per heavy atom. The van der Waals surface area contributed by atoms with Crippen molar-refractivity contribution in [2.45, 2.75) is 0 Å². The normalized spacial score (nSPS) is 9.26.